The lowest BCUT2D eigenvalue weighted by atomic mass is 10.1. The van der Waals surface area contributed by atoms with Crippen molar-refractivity contribution in [1.29, 1.82) is 0 Å². The molecule has 2 heterocycles. The second kappa shape index (κ2) is 4.27. The summed E-state index contributed by atoms with van der Waals surface area (Å²) in [5.41, 5.74) is -0.291. The number of carboxylic acid groups (broad SMARTS) is 1. The SMILES string of the molecule is O=C(O)c1cc(-c2c(F)ccc3c2OCCO3)on1. The Morgan fingerprint density at radius 3 is 2.84 bits per heavy atom. The monoisotopic (exact) mass is 265 g/mol. The van der Waals surface area contributed by atoms with Crippen LogP contribution in [0.2, 0.25) is 0 Å². The van der Waals surface area contributed by atoms with Crippen LogP contribution in [0.3, 0.4) is 0 Å². The molecule has 0 bridgehead atoms. The number of halogens is 1. The van der Waals surface area contributed by atoms with E-state index < -0.39 is 11.8 Å². The number of hydrogen-bond donors (Lipinski definition) is 1. The van der Waals surface area contributed by atoms with Crippen LogP contribution in [-0.4, -0.2) is 29.4 Å². The minimum atomic E-state index is -1.25. The zero-order valence-corrected chi connectivity index (χ0v) is 9.55. The van der Waals surface area contributed by atoms with E-state index in [0.717, 1.165) is 6.07 Å². The molecule has 0 unspecified atom stereocenters. The van der Waals surface area contributed by atoms with Crippen LogP contribution in [0.25, 0.3) is 11.3 Å². The number of carbonyl (C=O) groups is 1. The maximum absolute atomic E-state index is 13.9. The highest BCUT2D eigenvalue weighted by atomic mass is 19.1. The van der Waals surface area contributed by atoms with Gasteiger partial charge in [-0.1, -0.05) is 5.16 Å². The van der Waals surface area contributed by atoms with Gasteiger partial charge < -0.3 is 19.1 Å². The van der Waals surface area contributed by atoms with Crippen molar-refractivity contribution in [1.82, 2.24) is 5.16 Å². The second-order valence-corrected chi connectivity index (χ2v) is 3.83. The van der Waals surface area contributed by atoms with Gasteiger partial charge in [0, 0.05) is 6.07 Å². The number of ether oxygens (including phenoxy) is 2. The van der Waals surface area contributed by atoms with E-state index in [2.05, 4.69) is 5.16 Å². The number of benzene rings is 1. The molecule has 0 atom stereocenters. The van der Waals surface area contributed by atoms with E-state index in [0.29, 0.717) is 12.4 Å². The lowest BCUT2D eigenvalue weighted by molar-refractivity contribution is 0.0686. The second-order valence-electron chi connectivity index (χ2n) is 3.83. The molecule has 0 saturated carbocycles. The highest BCUT2D eigenvalue weighted by Gasteiger charge is 2.24. The standard InChI is InChI=1S/C12H8FNO5/c13-6-1-2-8-11(18-4-3-17-8)10(6)9-5-7(12(15)16)14-19-9/h1-2,5H,3-4H2,(H,15,16). The number of aromatic carboxylic acids is 1. The van der Waals surface area contributed by atoms with Gasteiger partial charge in [-0.3, -0.25) is 0 Å². The molecule has 6 nitrogen and oxygen atoms in total. The van der Waals surface area contributed by atoms with Crippen molar-refractivity contribution in [3.8, 4) is 22.8 Å². The van der Waals surface area contributed by atoms with Crippen LogP contribution in [-0.2, 0) is 0 Å². The molecule has 0 aliphatic carbocycles. The number of fused-ring (bicyclic) bond motifs is 1. The summed E-state index contributed by atoms with van der Waals surface area (Å²) in [4.78, 5) is 10.7. The zero-order chi connectivity index (χ0) is 13.4. The fraction of sp³-hybridized carbons (Fsp3) is 0.167. The highest BCUT2D eigenvalue weighted by Crippen LogP contribution is 2.41. The number of aromatic nitrogens is 1. The van der Waals surface area contributed by atoms with Gasteiger partial charge in [0.2, 0.25) is 0 Å². The van der Waals surface area contributed by atoms with Crippen molar-refractivity contribution in [2.45, 2.75) is 0 Å². The fourth-order valence-electron chi connectivity index (χ4n) is 1.82. The summed E-state index contributed by atoms with van der Waals surface area (Å²) in [5, 5.41) is 12.1. The molecule has 1 aliphatic heterocycles. The molecular formula is C12H8FNO5. The first-order valence-corrected chi connectivity index (χ1v) is 5.45. The third-order valence-corrected chi connectivity index (χ3v) is 2.63. The van der Waals surface area contributed by atoms with E-state index in [4.69, 9.17) is 19.1 Å². The van der Waals surface area contributed by atoms with E-state index in [9.17, 15) is 9.18 Å². The number of carboxylic acids is 1. The Morgan fingerprint density at radius 1 is 1.32 bits per heavy atom. The predicted octanol–water partition coefficient (Wildman–Crippen LogP) is 1.95. The number of nitrogens with zero attached hydrogens (tertiary/aromatic N) is 1. The first-order chi connectivity index (χ1) is 9.16. The maximum Gasteiger partial charge on any atom is 0.358 e. The Hall–Kier alpha value is -2.57. The highest BCUT2D eigenvalue weighted by molar-refractivity contribution is 5.87. The van der Waals surface area contributed by atoms with Gasteiger partial charge in [0.25, 0.3) is 0 Å². The summed E-state index contributed by atoms with van der Waals surface area (Å²) in [7, 11) is 0. The molecule has 1 N–H and O–H groups in total. The molecule has 3 rings (SSSR count). The first kappa shape index (κ1) is 11.5. The number of rotatable bonds is 2. The molecule has 1 aliphatic rings. The van der Waals surface area contributed by atoms with Crippen molar-refractivity contribution in [3.63, 3.8) is 0 Å². The number of hydrogen-bond acceptors (Lipinski definition) is 5. The lowest BCUT2D eigenvalue weighted by Crippen LogP contribution is -2.16. The van der Waals surface area contributed by atoms with Crippen LogP contribution in [0.4, 0.5) is 4.39 Å². The Kier molecular flexibility index (Phi) is 2.59. The zero-order valence-electron chi connectivity index (χ0n) is 9.55. The van der Waals surface area contributed by atoms with Crippen LogP contribution >= 0.6 is 0 Å². The van der Waals surface area contributed by atoms with Gasteiger partial charge in [-0.2, -0.15) is 0 Å². The third kappa shape index (κ3) is 1.88. The summed E-state index contributed by atoms with van der Waals surface area (Å²) in [6.07, 6.45) is 0. The van der Waals surface area contributed by atoms with Gasteiger partial charge in [0.15, 0.2) is 23.0 Å². The third-order valence-electron chi connectivity index (χ3n) is 2.63. The van der Waals surface area contributed by atoms with E-state index in [1.54, 1.807) is 0 Å². The van der Waals surface area contributed by atoms with Crippen LogP contribution in [0.15, 0.2) is 22.7 Å². The molecule has 98 valence electrons. The summed E-state index contributed by atoms with van der Waals surface area (Å²) >= 11 is 0. The van der Waals surface area contributed by atoms with Crippen molar-refractivity contribution >= 4 is 5.97 Å². The summed E-state index contributed by atoms with van der Waals surface area (Å²) in [6.45, 7) is 0.651. The fourth-order valence-corrected chi connectivity index (χ4v) is 1.82. The molecule has 0 saturated heterocycles. The molecule has 19 heavy (non-hydrogen) atoms. The molecular weight excluding hydrogens is 257 g/mol. The molecule has 0 radical (unpaired) electrons. The summed E-state index contributed by atoms with van der Waals surface area (Å²) < 4.78 is 29.4. The molecule has 0 fully saturated rings. The van der Waals surface area contributed by atoms with E-state index in [1.165, 1.54) is 12.1 Å². The van der Waals surface area contributed by atoms with Crippen molar-refractivity contribution in [3.05, 3.63) is 29.7 Å². The van der Waals surface area contributed by atoms with E-state index >= 15 is 0 Å². The Labute approximate surface area is 106 Å². The minimum absolute atomic E-state index is 0.0113. The molecule has 7 heteroatoms. The van der Waals surface area contributed by atoms with E-state index in [-0.39, 0.29) is 29.4 Å². The Balaban J connectivity index is 2.15. The quantitative estimate of drug-likeness (QED) is 0.893. The predicted molar refractivity (Wildman–Crippen MR) is 59.8 cm³/mol. The molecule has 2 aromatic rings. The molecule has 0 amide bonds. The molecule has 1 aromatic carbocycles. The van der Waals surface area contributed by atoms with Crippen molar-refractivity contribution in [2.24, 2.45) is 0 Å². The maximum atomic E-state index is 13.9. The molecule has 0 spiro atoms. The van der Waals surface area contributed by atoms with E-state index in [1.807, 2.05) is 0 Å². The lowest BCUT2D eigenvalue weighted by Gasteiger charge is -2.20. The van der Waals surface area contributed by atoms with Crippen LogP contribution in [0.1, 0.15) is 10.5 Å². The summed E-state index contributed by atoms with van der Waals surface area (Å²) in [5.74, 6) is -1.29. The van der Waals surface area contributed by atoms with Gasteiger partial charge in [-0.15, -0.1) is 0 Å². The van der Waals surface area contributed by atoms with Gasteiger partial charge in [-0.05, 0) is 12.1 Å². The van der Waals surface area contributed by atoms with Gasteiger partial charge in [-0.25, -0.2) is 9.18 Å². The first-order valence-electron chi connectivity index (χ1n) is 5.45. The average Bonchev–Trinajstić information content (AvgIpc) is 2.88. The van der Waals surface area contributed by atoms with Crippen molar-refractivity contribution in [2.75, 3.05) is 13.2 Å². The Morgan fingerprint density at radius 2 is 2.11 bits per heavy atom. The summed E-state index contributed by atoms with van der Waals surface area (Å²) in [6, 6.07) is 3.78. The van der Waals surface area contributed by atoms with Gasteiger partial charge in [0.05, 0.1) is 0 Å². The Bertz CT molecular complexity index is 652. The van der Waals surface area contributed by atoms with Crippen LogP contribution in [0, 0.1) is 5.82 Å². The normalized spacial score (nSPS) is 13.3. The largest absolute Gasteiger partial charge is 0.486 e. The molecule has 1 aromatic heterocycles. The van der Waals surface area contributed by atoms with Gasteiger partial charge >= 0.3 is 5.97 Å². The minimum Gasteiger partial charge on any atom is -0.486 e. The topological polar surface area (TPSA) is 81.8 Å². The smallest absolute Gasteiger partial charge is 0.358 e. The van der Waals surface area contributed by atoms with Gasteiger partial charge in [0.1, 0.15) is 24.6 Å². The van der Waals surface area contributed by atoms with Crippen molar-refractivity contribution < 1.29 is 28.3 Å². The average molecular weight is 265 g/mol. The van der Waals surface area contributed by atoms with Crippen LogP contribution < -0.4 is 9.47 Å². The van der Waals surface area contributed by atoms with Crippen LogP contribution in [0.5, 0.6) is 11.5 Å².